The number of amides is 1. The molecule has 0 fully saturated rings. The van der Waals surface area contributed by atoms with E-state index in [0.29, 0.717) is 23.5 Å². The lowest BCUT2D eigenvalue weighted by Crippen LogP contribution is -2.23. The molecule has 0 aliphatic heterocycles. The van der Waals surface area contributed by atoms with Gasteiger partial charge in [0.2, 0.25) is 0 Å². The second kappa shape index (κ2) is 6.60. The molecule has 0 spiro atoms. The van der Waals surface area contributed by atoms with E-state index in [-0.39, 0.29) is 5.91 Å². The number of benzene rings is 1. The number of nitrogen functional groups attached to an aromatic ring is 1. The Morgan fingerprint density at radius 3 is 2.81 bits per heavy atom. The van der Waals surface area contributed by atoms with Crippen LogP contribution in [0.1, 0.15) is 22.0 Å². The molecule has 1 aromatic carbocycles. The summed E-state index contributed by atoms with van der Waals surface area (Å²) in [5.74, 6) is -0.109. The Bertz CT molecular complexity index is 611. The maximum absolute atomic E-state index is 12.1. The van der Waals surface area contributed by atoms with Gasteiger partial charge in [-0.2, -0.15) is 11.3 Å². The number of carbonyl (C=O) groups is 1. The van der Waals surface area contributed by atoms with E-state index in [4.69, 9.17) is 5.73 Å². The Morgan fingerprint density at radius 1 is 1.43 bits per heavy atom. The Balaban J connectivity index is 2.15. The van der Waals surface area contributed by atoms with Crippen molar-refractivity contribution in [3.63, 3.8) is 0 Å². The molecule has 1 unspecified atom stereocenters. The lowest BCUT2D eigenvalue weighted by molar-refractivity contribution is 0.0828. The average Bonchev–Trinajstić information content (AvgIpc) is 2.98. The van der Waals surface area contributed by atoms with Crippen LogP contribution in [-0.4, -0.2) is 36.6 Å². The standard InChI is InChI=1S/C15H19N3O2S/c1-18(2)15(20)12-4-3-11(16)7-13(12)17-8-14(19)10-5-6-21-9-10/h3-7,9,14,17,19H,8,16H2,1-2H3. The van der Waals surface area contributed by atoms with E-state index in [0.717, 1.165) is 5.56 Å². The van der Waals surface area contributed by atoms with Gasteiger partial charge >= 0.3 is 0 Å². The molecule has 1 aromatic heterocycles. The number of thiophene rings is 1. The predicted molar refractivity (Wildman–Crippen MR) is 86.6 cm³/mol. The first-order valence-corrected chi connectivity index (χ1v) is 7.48. The molecule has 1 heterocycles. The molecule has 0 radical (unpaired) electrons. The van der Waals surface area contributed by atoms with Crippen LogP contribution in [0, 0.1) is 0 Å². The Morgan fingerprint density at radius 2 is 2.19 bits per heavy atom. The number of nitrogens with one attached hydrogen (secondary N) is 1. The number of hydrogen-bond acceptors (Lipinski definition) is 5. The molecule has 0 bridgehead atoms. The molecule has 0 saturated carbocycles. The fourth-order valence-electron chi connectivity index (χ4n) is 1.92. The molecule has 112 valence electrons. The highest BCUT2D eigenvalue weighted by Gasteiger charge is 2.15. The van der Waals surface area contributed by atoms with Crippen molar-refractivity contribution in [1.82, 2.24) is 4.90 Å². The van der Waals surface area contributed by atoms with Crippen molar-refractivity contribution >= 4 is 28.6 Å². The quantitative estimate of drug-likeness (QED) is 0.740. The molecule has 0 aliphatic rings. The Hall–Kier alpha value is -2.05. The van der Waals surface area contributed by atoms with Crippen LogP contribution in [-0.2, 0) is 0 Å². The second-order valence-electron chi connectivity index (χ2n) is 4.96. The number of carbonyl (C=O) groups excluding carboxylic acids is 1. The Kier molecular flexibility index (Phi) is 4.82. The van der Waals surface area contributed by atoms with Gasteiger partial charge in [-0.15, -0.1) is 0 Å². The van der Waals surface area contributed by atoms with Crippen molar-refractivity contribution in [2.24, 2.45) is 0 Å². The number of aliphatic hydroxyl groups excluding tert-OH is 1. The summed E-state index contributed by atoms with van der Waals surface area (Å²) in [6, 6.07) is 6.97. The van der Waals surface area contributed by atoms with E-state index in [1.54, 1.807) is 32.3 Å². The highest BCUT2D eigenvalue weighted by atomic mass is 32.1. The third-order valence-corrected chi connectivity index (χ3v) is 3.80. The molecule has 4 N–H and O–H groups in total. The number of nitrogens with two attached hydrogens (primary N) is 1. The number of anilines is 2. The molecule has 5 nitrogen and oxygen atoms in total. The first-order valence-electron chi connectivity index (χ1n) is 6.54. The lowest BCUT2D eigenvalue weighted by atomic mass is 10.1. The van der Waals surface area contributed by atoms with Crippen molar-refractivity contribution in [2.45, 2.75) is 6.10 Å². The van der Waals surface area contributed by atoms with E-state index in [2.05, 4.69) is 5.32 Å². The van der Waals surface area contributed by atoms with Gasteiger partial charge in [-0.05, 0) is 40.6 Å². The maximum Gasteiger partial charge on any atom is 0.255 e. The van der Waals surface area contributed by atoms with Crippen LogP contribution in [0.15, 0.2) is 35.0 Å². The molecule has 2 rings (SSSR count). The van der Waals surface area contributed by atoms with Gasteiger partial charge in [-0.1, -0.05) is 0 Å². The molecule has 6 heteroatoms. The predicted octanol–water partition coefficient (Wildman–Crippen LogP) is 2.18. The molecule has 1 amide bonds. The second-order valence-corrected chi connectivity index (χ2v) is 5.74. The Labute approximate surface area is 128 Å². The van der Waals surface area contributed by atoms with Gasteiger partial charge in [0.05, 0.1) is 11.7 Å². The molecular weight excluding hydrogens is 286 g/mol. The minimum absolute atomic E-state index is 0.109. The molecule has 1 atom stereocenters. The highest BCUT2D eigenvalue weighted by molar-refractivity contribution is 7.07. The number of hydrogen-bond donors (Lipinski definition) is 3. The van der Waals surface area contributed by atoms with Gasteiger partial charge in [0.25, 0.3) is 5.91 Å². The third-order valence-electron chi connectivity index (χ3n) is 3.09. The molecular formula is C15H19N3O2S. The summed E-state index contributed by atoms with van der Waals surface area (Å²) >= 11 is 1.54. The van der Waals surface area contributed by atoms with E-state index in [1.807, 2.05) is 16.8 Å². The summed E-state index contributed by atoms with van der Waals surface area (Å²) in [7, 11) is 3.39. The average molecular weight is 305 g/mol. The van der Waals surface area contributed by atoms with E-state index in [9.17, 15) is 9.90 Å². The minimum atomic E-state index is -0.625. The summed E-state index contributed by atoms with van der Waals surface area (Å²) in [5.41, 5.74) is 8.37. The van der Waals surface area contributed by atoms with Crippen LogP contribution in [0.25, 0.3) is 0 Å². The monoisotopic (exact) mass is 305 g/mol. The summed E-state index contributed by atoms with van der Waals surface area (Å²) < 4.78 is 0. The summed E-state index contributed by atoms with van der Waals surface area (Å²) in [6.45, 7) is 0.313. The summed E-state index contributed by atoms with van der Waals surface area (Å²) in [5, 5.41) is 17.0. The minimum Gasteiger partial charge on any atom is -0.399 e. The van der Waals surface area contributed by atoms with Crippen molar-refractivity contribution in [3.8, 4) is 0 Å². The SMILES string of the molecule is CN(C)C(=O)c1ccc(N)cc1NCC(O)c1ccsc1. The number of nitrogens with zero attached hydrogens (tertiary/aromatic N) is 1. The van der Waals surface area contributed by atoms with Crippen LogP contribution in [0.5, 0.6) is 0 Å². The molecule has 21 heavy (non-hydrogen) atoms. The number of rotatable bonds is 5. The van der Waals surface area contributed by atoms with Gasteiger partial charge in [-0.3, -0.25) is 4.79 Å². The zero-order chi connectivity index (χ0) is 15.4. The lowest BCUT2D eigenvalue weighted by Gasteiger charge is -2.17. The normalized spacial score (nSPS) is 12.0. The highest BCUT2D eigenvalue weighted by Crippen LogP contribution is 2.22. The van der Waals surface area contributed by atoms with Crippen molar-refractivity contribution < 1.29 is 9.90 Å². The van der Waals surface area contributed by atoms with Gasteiger partial charge in [0.15, 0.2) is 0 Å². The maximum atomic E-state index is 12.1. The van der Waals surface area contributed by atoms with Crippen LogP contribution in [0.4, 0.5) is 11.4 Å². The van der Waals surface area contributed by atoms with Gasteiger partial charge in [0.1, 0.15) is 0 Å². The van der Waals surface area contributed by atoms with Crippen molar-refractivity contribution in [3.05, 3.63) is 46.2 Å². The van der Waals surface area contributed by atoms with E-state index >= 15 is 0 Å². The van der Waals surface area contributed by atoms with Gasteiger partial charge in [-0.25, -0.2) is 0 Å². The van der Waals surface area contributed by atoms with Crippen LogP contribution in [0.3, 0.4) is 0 Å². The number of aliphatic hydroxyl groups is 1. The third kappa shape index (κ3) is 3.74. The van der Waals surface area contributed by atoms with Gasteiger partial charge in [0, 0.05) is 32.0 Å². The van der Waals surface area contributed by atoms with Crippen LogP contribution >= 0.6 is 11.3 Å². The zero-order valence-corrected chi connectivity index (χ0v) is 12.9. The topological polar surface area (TPSA) is 78.6 Å². The first-order chi connectivity index (χ1) is 9.99. The first kappa shape index (κ1) is 15.3. The molecule has 0 saturated heterocycles. The fraction of sp³-hybridized carbons (Fsp3) is 0.267. The van der Waals surface area contributed by atoms with Crippen LogP contribution < -0.4 is 11.1 Å². The summed E-state index contributed by atoms with van der Waals surface area (Å²) in [6.07, 6.45) is -0.625. The van der Waals surface area contributed by atoms with Crippen LogP contribution in [0.2, 0.25) is 0 Å². The van der Waals surface area contributed by atoms with E-state index in [1.165, 1.54) is 16.2 Å². The summed E-state index contributed by atoms with van der Waals surface area (Å²) in [4.78, 5) is 13.6. The molecule has 2 aromatic rings. The zero-order valence-electron chi connectivity index (χ0n) is 12.0. The fourth-order valence-corrected chi connectivity index (χ4v) is 2.63. The van der Waals surface area contributed by atoms with Crippen molar-refractivity contribution in [1.29, 1.82) is 0 Å². The van der Waals surface area contributed by atoms with E-state index < -0.39 is 6.10 Å². The molecule has 0 aliphatic carbocycles. The smallest absolute Gasteiger partial charge is 0.255 e. The van der Waals surface area contributed by atoms with Crippen molar-refractivity contribution in [2.75, 3.05) is 31.7 Å². The largest absolute Gasteiger partial charge is 0.399 e. The van der Waals surface area contributed by atoms with Gasteiger partial charge < -0.3 is 21.1 Å².